The van der Waals surface area contributed by atoms with E-state index < -0.39 is 33.7 Å². The van der Waals surface area contributed by atoms with E-state index in [-0.39, 0.29) is 24.0 Å². The Hall–Kier alpha value is -2.09. The van der Waals surface area contributed by atoms with E-state index in [2.05, 4.69) is 5.32 Å². The molecule has 0 spiro atoms. The Bertz CT molecular complexity index is 775. The van der Waals surface area contributed by atoms with Gasteiger partial charge in [0.05, 0.1) is 30.1 Å². The molecule has 0 saturated carbocycles. The predicted octanol–water partition coefficient (Wildman–Crippen LogP) is 0.993. The summed E-state index contributed by atoms with van der Waals surface area (Å²) in [6, 6.07) is 7.27. The first-order valence-electron chi connectivity index (χ1n) is 8.29. The quantitative estimate of drug-likeness (QED) is 0.797. The van der Waals surface area contributed by atoms with Crippen molar-refractivity contribution in [1.29, 1.82) is 0 Å². The van der Waals surface area contributed by atoms with Crippen molar-refractivity contribution in [3.63, 3.8) is 0 Å². The number of fused-ring (bicyclic) bond motifs is 1. The number of rotatable bonds is 4. The summed E-state index contributed by atoms with van der Waals surface area (Å²) in [7, 11) is -3.17. The Kier molecular flexibility index (Phi) is 4.99. The molecule has 136 valence electrons. The van der Waals surface area contributed by atoms with Crippen LogP contribution in [-0.2, 0) is 24.2 Å². The van der Waals surface area contributed by atoms with Crippen molar-refractivity contribution in [3.05, 3.63) is 29.8 Å². The van der Waals surface area contributed by atoms with Crippen LogP contribution >= 0.6 is 0 Å². The lowest BCUT2D eigenvalue weighted by Gasteiger charge is -2.27. The first kappa shape index (κ1) is 17.7. The van der Waals surface area contributed by atoms with E-state index in [1.165, 1.54) is 6.92 Å². The number of sulfone groups is 1. The highest BCUT2D eigenvalue weighted by molar-refractivity contribution is 7.91. The molecule has 3 atom stereocenters. The van der Waals surface area contributed by atoms with Crippen molar-refractivity contribution in [2.75, 3.05) is 18.1 Å². The van der Waals surface area contributed by atoms with Gasteiger partial charge in [-0.1, -0.05) is 18.2 Å². The van der Waals surface area contributed by atoms with Crippen molar-refractivity contribution in [3.8, 4) is 5.75 Å². The Morgan fingerprint density at radius 3 is 2.76 bits per heavy atom. The number of ether oxygens (including phenoxy) is 2. The largest absolute Gasteiger partial charge is 0.493 e. The number of hydrogen-bond donors (Lipinski definition) is 1. The van der Waals surface area contributed by atoms with E-state index in [4.69, 9.17) is 9.47 Å². The maximum absolute atomic E-state index is 12.4. The standard InChI is InChI=1S/C17H21NO6S/c1-11(24-17(20)12-7-9-25(21,22)10-12)16(19)18-14-6-8-23-15-5-3-2-4-13(14)15/h2-5,11-12,14H,6-10H2,1H3,(H,18,19). The molecule has 3 unspecified atom stereocenters. The highest BCUT2D eigenvalue weighted by atomic mass is 32.2. The van der Waals surface area contributed by atoms with Gasteiger partial charge >= 0.3 is 5.97 Å². The zero-order valence-electron chi connectivity index (χ0n) is 13.9. The Morgan fingerprint density at radius 2 is 2.04 bits per heavy atom. The van der Waals surface area contributed by atoms with Gasteiger partial charge in [-0.05, 0) is 19.4 Å². The van der Waals surface area contributed by atoms with Crippen molar-refractivity contribution >= 4 is 21.7 Å². The summed E-state index contributed by atoms with van der Waals surface area (Å²) in [6.07, 6.45) is -0.0987. The van der Waals surface area contributed by atoms with Crippen LogP contribution in [0.15, 0.2) is 24.3 Å². The van der Waals surface area contributed by atoms with E-state index >= 15 is 0 Å². The lowest BCUT2D eigenvalue weighted by atomic mass is 10.0. The minimum Gasteiger partial charge on any atom is -0.493 e. The zero-order chi connectivity index (χ0) is 18.0. The van der Waals surface area contributed by atoms with Crippen LogP contribution in [0.4, 0.5) is 0 Å². The van der Waals surface area contributed by atoms with Gasteiger partial charge in [0.2, 0.25) is 0 Å². The SMILES string of the molecule is CC(OC(=O)C1CCS(=O)(=O)C1)C(=O)NC1CCOc2ccccc21. The summed E-state index contributed by atoms with van der Waals surface area (Å²) >= 11 is 0. The first-order valence-corrected chi connectivity index (χ1v) is 10.1. The molecule has 0 aromatic heterocycles. The Morgan fingerprint density at radius 1 is 1.28 bits per heavy atom. The maximum Gasteiger partial charge on any atom is 0.310 e. The number of hydrogen-bond acceptors (Lipinski definition) is 6. The molecule has 8 heteroatoms. The molecule has 0 aliphatic carbocycles. The Balaban J connectivity index is 1.58. The van der Waals surface area contributed by atoms with Crippen molar-refractivity contribution < 1.29 is 27.5 Å². The van der Waals surface area contributed by atoms with Crippen LogP contribution in [-0.4, -0.2) is 44.5 Å². The lowest BCUT2D eigenvalue weighted by Crippen LogP contribution is -2.40. The molecule has 0 radical (unpaired) electrons. The number of esters is 1. The van der Waals surface area contributed by atoms with Gasteiger partial charge in [0.15, 0.2) is 15.9 Å². The third kappa shape index (κ3) is 4.12. The summed E-state index contributed by atoms with van der Waals surface area (Å²) < 4.78 is 33.6. The highest BCUT2D eigenvalue weighted by Crippen LogP contribution is 2.31. The minimum absolute atomic E-state index is 0.00774. The first-order chi connectivity index (χ1) is 11.9. The number of amides is 1. The highest BCUT2D eigenvalue weighted by Gasteiger charge is 2.35. The molecule has 0 bridgehead atoms. The topological polar surface area (TPSA) is 98.8 Å². The monoisotopic (exact) mass is 367 g/mol. The van der Waals surface area contributed by atoms with Gasteiger partial charge in [0.25, 0.3) is 5.91 Å². The second-order valence-corrected chi connectivity index (χ2v) is 8.64. The molecule has 1 aromatic rings. The number of para-hydroxylation sites is 1. The maximum atomic E-state index is 12.4. The van der Waals surface area contributed by atoms with Crippen molar-refractivity contribution in [2.45, 2.75) is 31.9 Å². The molecular formula is C17H21NO6S. The zero-order valence-corrected chi connectivity index (χ0v) is 14.8. The van der Waals surface area contributed by atoms with Gasteiger partial charge in [-0.25, -0.2) is 8.42 Å². The molecule has 2 aliphatic rings. The smallest absolute Gasteiger partial charge is 0.310 e. The number of benzene rings is 1. The van der Waals surface area contributed by atoms with E-state index in [0.717, 1.165) is 11.3 Å². The summed E-state index contributed by atoms with van der Waals surface area (Å²) in [6.45, 7) is 1.98. The van der Waals surface area contributed by atoms with Crippen LogP contribution in [0.2, 0.25) is 0 Å². The third-order valence-corrected chi connectivity index (χ3v) is 6.27. The van der Waals surface area contributed by atoms with Gasteiger partial charge < -0.3 is 14.8 Å². The van der Waals surface area contributed by atoms with Crippen LogP contribution in [0, 0.1) is 5.92 Å². The average molecular weight is 367 g/mol. The molecule has 1 N–H and O–H groups in total. The van der Waals surface area contributed by atoms with Crippen LogP contribution < -0.4 is 10.1 Å². The summed E-state index contributed by atoms with van der Waals surface area (Å²) in [4.78, 5) is 24.4. The van der Waals surface area contributed by atoms with Gasteiger partial charge in [-0.3, -0.25) is 9.59 Å². The molecule has 3 rings (SSSR count). The molecule has 2 heterocycles. The second kappa shape index (κ2) is 7.03. The number of nitrogens with one attached hydrogen (secondary N) is 1. The van der Waals surface area contributed by atoms with Crippen LogP contribution in [0.5, 0.6) is 5.75 Å². The molecule has 1 amide bonds. The van der Waals surface area contributed by atoms with Gasteiger partial charge in [-0.15, -0.1) is 0 Å². The van der Waals surface area contributed by atoms with Gasteiger partial charge in [0, 0.05) is 12.0 Å². The Labute approximate surface area is 146 Å². The summed E-state index contributed by atoms with van der Waals surface area (Å²) in [5.41, 5.74) is 0.891. The summed E-state index contributed by atoms with van der Waals surface area (Å²) in [5, 5.41) is 2.87. The normalized spacial score (nSPS) is 25.3. The van der Waals surface area contributed by atoms with Crippen LogP contribution in [0.25, 0.3) is 0 Å². The molecule has 7 nitrogen and oxygen atoms in total. The van der Waals surface area contributed by atoms with Crippen molar-refractivity contribution in [1.82, 2.24) is 5.32 Å². The fourth-order valence-corrected chi connectivity index (χ4v) is 4.81. The van der Waals surface area contributed by atoms with Crippen molar-refractivity contribution in [2.24, 2.45) is 5.92 Å². The molecule has 1 saturated heterocycles. The second-order valence-electron chi connectivity index (χ2n) is 6.42. The van der Waals surface area contributed by atoms with E-state index in [1.807, 2.05) is 24.3 Å². The molecule has 2 aliphatic heterocycles. The summed E-state index contributed by atoms with van der Waals surface area (Å²) in [5.74, 6) is -1.18. The van der Waals surface area contributed by atoms with Gasteiger partial charge in [-0.2, -0.15) is 0 Å². The average Bonchev–Trinajstić information content (AvgIpc) is 2.95. The lowest BCUT2D eigenvalue weighted by molar-refractivity contribution is -0.158. The third-order valence-electron chi connectivity index (χ3n) is 4.50. The molecule has 25 heavy (non-hydrogen) atoms. The molecule has 1 fully saturated rings. The fourth-order valence-electron chi connectivity index (χ4n) is 3.09. The number of carbonyl (C=O) groups is 2. The minimum atomic E-state index is -3.17. The van der Waals surface area contributed by atoms with E-state index in [9.17, 15) is 18.0 Å². The molecular weight excluding hydrogens is 346 g/mol. The fraction of sp³-hybridized carbons (Fsp3) is 0.529. The van der Waals surface area contributed by atoms with Crippen LogP contribution in [0.1, 0.15) is 31.4 Å². The van der Waals surface area contributed by atoms with E-state index in [1.54, 1.807) is 0 Å². The van der Waals surface area contributed by atoms with E-state index in [0.29, 0.717) is 13.0 Å². The number of carbonyl (C=O) groups excluding carboxylic acids is 2. The van der Waals surface area contributed by atoms with Gasteiger partial charge in [0.1, 0.15) is 5.75 Å². The van der Waals surface area contributed by atoms with Crippen LogP contribution in [0.3, 0.4) is 0 Å². The molecule has 1 aromatic carbocycles. The predicted molar refractivity (Wildman–Crippen MR) is 89.8 cm³/mol.